The molecule has 90 valence electrons. The van der Waals surface area contributed by atoms with Crippen molar-refractivity contribution in [1.82, 2.24) is 0 Å². The van der Waals surface area contributed by atoms with Crippen molar-refractivity contribution in [3.63, 3.8) is 0 Å². The number of aliphatic hydroxyl groups excluding tert-OH is 2. The van der Waals surface area contributed by atoms with E-state index in [-0.39, 0.29) is 5.75 Å². The van der Waals surface area contributed by atoms with Crippen molar-refractivity contribution >= 4 is 0 Å². The molecule has 0 radical (unpaired) electrons. The number of rotatable bonds is 4. The van der Waals surface area contributed by atoms with Crippen LogP contribution in [0.25, 0.3) is 0 Å². The van der Waals surface area contributed by atoms with E-state index in [1.165, 1.54) is 0 Å². The van der Waals surface area contributed by atoms with Crippen molar-refractivity contribution in [3.8, 4) is 5.75 Å². The van der Waals surface area contributed by atoms with Crippen LogP contribution in [0.1, 0.15) is 29.2 Å². The maximum Gasteiger partial charge on any atom is 0.116 e. The summed E-state index contributed by atoms with van der Waals surface area (Å²) in [6.07, 6.45) is -1.47. The molecule has 0 aromatic heterocycles. The number of hydrogen-bond donors (Lipinski definition) is 4. The average molecular weight is 225 g/mol. The third kappa shape index (κ3) is 2.72. The van der Waals surface area contributed by atoms with Gasteiger partial charge in [-0.05, 0) is 55.6 Å². The van der Waals surface area contributed by atoms with Crippen LogP contribution in [0.5, 0.6) is 5.75 Å². The highest BCUT2D eigenvalue weighted by molar-refractivity contribution is 5.42. The number of phenols is 1. The van der Waals surface area contributed by atoms with E-state index in [4.69, 9.17) is 5.73 Å². The summed E-state index contributed by atoms with van der Waals surface area (Å²) < 4.78 is 0. The van der Waals surface area contributed by atoms with Gasteiger partial charge < -0.3 is 21.1 Å². The Morgan fingerprint density at radius 3 is 2.12 bits per heavy atom. The minimum atomic E-state index is -0.954. The molecule has 0 saturated carbocycles. The lowest BCUT2D eigenvalue weighted by Gasteiger charge is -2.21. The fourth-order valence-electron chi connectivity index (χ4n) is 1.94. The number of aryl methyl sites for hydroxylation is 2. The molecule has 1 aromatic carbocycles. The molecule has 0 aliphatic heterocycles. The molecule has 2 atom stereocenters. The van der Waals surface area contributed by atoms with E-state index < -0.39 is 12.2 Å². The SMILES string of the molecule is Cc1cc(O)cc(C)c1C(O)C(O)CCN. The van der Waals surface area contributed by atoms with Gasteiger partial charge in [0.25, 0.3) is 0 Å². The molecule has 4 nitrogen and oxygen atoms in total. The average Bonchev–Trinajstić information content (AvgIpc) is 2.16. The Bertz CT molecular complexity index is 342. The highest BCUT2D eigenvalue weighted by Crippen LogP contribution is 2.28. The van der Waals surface area contributed by atoms with Crippen LogP contribution in [0.3, 0.4) is 0 Å². The van der Waals surface area contributed by atoms with Crippen LogP contribution in [0.4, 0.5) is 0 Å². The predicted octanol–water partition coefficient (Wildman–Crippen LogP) is 0.752. The molecule has 0 aliphatic carbocycles. The largest absolute Gasteiger partial charge is 0.508 e. The third-order valence-electron chi connectivity index (χ3n) is 2.70. The maximum absolute atomic E-state index is 9.99. The van der Waals surface area contributed by atoms with Crippen LogP contribution in [0, 0.1) is 13.8 Å². The summed E-state index contributed by atoms with van der Waals surface area (Å²) >= 11 is 0. The van der Waals surface area contributed by atoms with E-state index in [0.29, 0.717) is 18.5 Å². The van der Waals surface area contributed by atoms with Crippen molar-refractivity contribution in [2.24, 2.45) is 5.73 Å². The zero-order chi connectivity index (χ0) is 12.3. The van der Waals surface area contributed by atoms with Gasteiger partial charge >= 0.3 is 0 Å². The minimum Gasteiger partial charge on any atom is -0.508 e. The van der Waals surface area contributed by atoms with E-state index in [9.17, 15) is 15.3 Å². The van der Waals surface area contributed by atoms with E-state index in [2.05, 4.69) is 0 Å². The number of aromatic hydroxyl groups is 1. The Hall–Kier alpha value is -1.10. The summed E-state index contributed by atoms with van der Waals surface area (Å²) in [6, 6.07) is 3.14. The quantitative estimate of drug-likeness (QED) is 0.609. The van der Waals surface area contributed by atoms with Crippen LogP contribution < -0.4 is 5.73 Å². The molecular formula is C12H19NO3. The van der Waals surface area contributed by atoms with Crippen LogP contribution >= 0.6 is 0 Å². The standard InChI is InChI=1S/C12H19NO3/c1-7-5-9(14)6-8(2)11(7)12(16)10(15)3-4-13/h5-6,10,12,14-16H,3-4,13H2,1-2H3. The molecule has 0 fully saturated rings. The normalized spacial score (nSPS) is 14.8. The lowest BCUT2D eigenvalue weighted by Crippen LogP contribution is -2.23. The predicted molar refractivity (Wildman–Crippen MR) is 62.2 cm³/mol. The van der Waals surface area contributed by atoms with Crippen molar-refractivity contribution < 1.29 is 15.3 Å². The first-order valence-corrected chi connectivity index (χ1v) is 5.33. The van der Waals surface area contributed by atoms with Crippen molar-refractivity contribution in [2.45, 2.75) is 32.5 Å². The molecule has 2 unspecified atom stereocenters. The molecule has 0 spiro atoms. The summed E-state index contributed by atoms with van der Waals surface area (Å²) in [5, 5.41) is 29.1. The van der Waals surface area contributed by atoms with Crippen LogP contribution in [0.2, 0.25) is 0 Å². The van der Waals surface area contributed by atoms with Crippen molar-refractivity contribution in [2.75, 3.05) is 6.54 Å². The molecule has 1 aromatic rings. The molecule has 5 N–H and O–H groups in total. The second-order valence-corrected chi connectivity index (χ2v) is 4.08. The second kappa shape index (κ2) is 5.30. The van der Waals surface area contributed by atoms with Crippen LogP contribution in [0.15, 0.2) is 12.1 Å². The van der Waals surface area contributed by atoms with Gasteiger partial charge in [0.15, 0.2) is 0 Å². The van der Waals surface area contributed by atoms with Gasteiger partial charge in [-0.15, -0.1) is 0 Å². The Balaban J connectivity index is 3.03. The zero-order valence-electron chi connectivity index (χ0n) is 9.64. The molecule has 0 amide bonds. The molecule has 1 rings (SSSR count). The molecule has 0 bridgehead atoms. The Morgan fingerprint density at radius 1 is 1.19 bits per heavy atom. The number of benzene rings is 1. The Morgan fingerprint density at radius 2 is 1.69 bits per heavy atom. The highest BCUT2D eigenvalue weighted by atomic mass is 16.3. The van der Waals surface area contributed by atoms with Gasteiger partial charge in [-0.1, -0.05) is 0 Å². The second-order valence-electron chi connectivity index (χ2n) is 4.08. The van der Waals surface area contributed by atoms with Gasteiger partial charge in [0.05, 0.1) is 6.10 Å². The van der Waals surface area contributed by atoms with Crippen LogP contribution in [-0.4, -0.2) is 28.0 Å². The summed E-state index contributed by atoms with van der Waals surface area (Å²) in [5.74, 6) is 0.166. The fraction of sp³-hybridized carbons (Fsp3) is 0.500. The Kier molecular flexibility index (Phi) is 4.29. The number of hydrogen-bond acceptors (Lipinski definition) is 4. The molecule has 16 heavy (non-hydrogen) atoms. The van der Waals surface area contributed by atoms with Gasteiger partial charge in [0.2, 0.25) is 0 Å². The molecule has 0 heterocycles. The lowest BCUT2D eigenvalue weighted by molar-refractivity contribution is 0.0142. The first kappa shape index (κ1) is 13.0. The maximum atomic E-state index is 9.99. The summed E-state index contributed by atoms with van der Waals surface area (Å²) in [4.78, 5) is 0. The van der Waals surface area contributed by atoms with E-state index in [0.717, 1.165) is 11.1 Å². The molecule has 4 heteroatoms. The van der Waals surface area contributed by atoms with Gasteiger partial charge in [-0.2, -0.15) is 0 Å². The highest BCUT2D eigenvalue weighted by Gasteiger charge is 2.21. The smallest absolute Gasteiger partial charge is 0.116 e. The van der Waals surface area contributed by atoms with E-state index in [1.807, 2.05) is 0 Å². The minimum absolute atomic E-state index is 0.166. The molecule has 0 aliphatic rings. The fourth-order valence-corrected chi connectivity index (χ4v) is 1.94. The van der Waals surface area contributed by atoms with Gasteiger partial charge in [0, 0.05) is 0 Å². The van der Waals surface area contributed by atoms with E-state index >= 15 is 0 Å². The monoisotopic (exact) mass is 225 g/mol. The van der Waals surface area contributed by atoms with E-state index in [1.54, 1.807) is 26.0 Å². The number of nitrogens with two attached hydrogens (primary N) is 1. The molecular weight excluding hydrogens is 206 g/mol. The van der Waals surface area contributed by atoms with Gasteiger partial charge in [-0.25, -0.2) is 0 Å². The summed E-state index contributed by atoms with van der Waals surface area (Å²) in [6.45, 7) is 3.91. The summed E-state index contributed by atoms with van der Waals surface area (Å²) in [5.41, 5.74) is 7.53. The topological polar surface area (TPSA) is 86.7 Å². The summed E-state index contributed by atoms with van der Waals surface area (Å²) in [7, 11) is 0. The number of phenolic OH excluding ortho intramolecular Hbond substituents is 1. The first-order chi connectivity index (χ1) is 7.47. The zero-order valence-corrected chi connectivity index (χ0v) is 9.64. The van der Waals surface area contributed by atoms with Gasteiger partial charge in [0.1, 0.15) is 11.9 Å². The molecule has 0 saturated heterocycles. The van der Waals surface area contributed by atoms with Crippen molar-refractivity contribution in [3.05, 3.63) is 28.8 Å². The van der Waals surface area contributed by atoms with Gasteiger partial charge in [-0.3, -0.25) is 0 Å². The number of aliphatic hydroxyl groups is 2. The lowest BCUT2D eigenvalue weighted by atomic mass is 9.93. The first-order valence-electron chi connectivity index (χ1n) is 5.33. The third-order valence-corrected chi connectivity index (χ3v) is 2.70. The van der Waals surface area contributed by atoms with Crippen LogP contribution in [-0.2, 0) is 0 Å². The Labute approximate surface area is 95.3 Å². The van der Waals surface area contributed by atoms with Crippen molar-refractivity contribution in [1.29, 1.82) is 0 Å².